The SMILES string of the molecule is Cc1ccc(S(=O)(=O)Nc2cccc(C(=O)Nc3nc4c(s3)CCc3ccccc3-4)c2)cc1. The van der Waals surface area contributed by atoms with E-state index >= 15 is 0 Å². The van der Waals surface area contributed by atoms with Crippen molar-refractivity contribution in [2.45, 2.75) is 24.7 Å². The van der Waals surface area contributed by atoms with Crippen LogP contribution < -0.4 is 10.0 Å². The van der Waals surface area contributed by atoms with E-state index in [9.17, 15) is 13.2 Å². The van der Waals surface area contributed by atoms with E-state index in [2.05, 4.69) is 27.2 Å². The summed E-state index contributed by atoms with van der Waals surface area (Å²) in [6.07, 6.45) is 1.86. The van der Waals surface area contributed by atoms with Crippen LogP contribution in [-0.4, -0.2) is 19.3 Å². The van der Waals surface area contributed by atoms with E-state index in [1.807, 2.05) is 19.1 Å². The molecule has 4 aromatic rings. The van der Waals surface area contributed by atoms with Crippen LogP contribution in [0.1, 0.15) is 26.4 Å². The van der Waals surface area contributed by atoms with Crippen molar-refractivity contribution >= 4 is 38.1 Å². The van der Waals surface area contributed by atoms with Crippen LogP contribution >= 0.6 is 11.3 Å². The number of nitrogens with zero attached hydrogens (tertiary/aromatic N) is 1. The highest BCUT2D eigenvalue weighted by molar-refractivity contribution is 7.92. The number of hydrogen-bond donors (Lipinski definition) is 2. The third-order valence-corrected chi connectivity index (χ3v) is 7.95. The molecule has 2 N–H and O–H groups in total. The Morgan fingerprint density at radius 1 is 0.970 bits per heavy atom. The van der Waals surface area contributed by atoms with Gasteiger partial charge in [0, 0.05) is 21.7 Å². The lowest BCUT2D eigenvalue weighted by Crippen LogP contribution is -2.15. The first kappa shape index (κ1) is 21.4. The molecular weight excluding hydrogens is 454 g/mol. The molecule has 1 amide bonds. The van der Waals surface area contributed by atoms with Gasteiger partial charge in [-0.1, -0.05) is 48.0 Å². The average molecular weight is 476 g/mol. The minimum Gasteiger partial charge on any atom is -0.298 e. The standard InChI is InChI=1S/C25H21N3O3S2/c1-16-9-12-20(13-10-16)33(30,31)28-19-7-4-6-18(15-19)24(29)27-25-26-23-21-8-3-2-5-17(21)11-14-22(23)32-25/h2-10,12-13,15,28H,11,14H2,1H3,(H,26,27,29). The van der Waals surface area contributed by atoms with Crippen LogP contribution in [0.3, 0.4) is 0 Å². The fourth-order valence-corrected chi connectivity index (χ4v) is 5.85. The van der Waals surface area contributed by atoms with Gasteiger partial charge in [-0.2, -0.15) is 0 Å². The molecule has 1 aromatic heterocycles. The average Bonchev–Trinajstić information content (AvgIpc) is 3.22. The number of sulfonamides is 1. The summed E-state index contributed by atoms with van der Waals surface area (Å²) in [5.41, 5.74) is 4.93. The molecule has 1 heterocycles. The van der Waals surface area contributed by atoms with Gasteiger partial charge in [0.25, 0.3) is 15.9 Å². The Bertz CT molecular complexity index is 1460. The molecule has 5 rings (SSSR count). The van der Waals surface area contributed by atoms with E-state index in [1.54, 1.807) is 42.5 Å². The second kappa shape index (κ2) is 8.46. The van der Waals surface area contributed by atoms with Gasteiger partial charge < -0.3 is 0 Å². The topological polar surface area (TPSA) is 88.2 Å². The van der Waals surface area contributed by atoms with E-state index < -0.39 is 10.0 Å². The first-order valence-electron chi connectivity index (χ1n) is 10.5. The summed E-state index contributed by atoms with van der Waals surface area (Å²) in [7, 11) is -3.75. The molecule has 166 valence electrons. The summed E-state index contributed by atoms with van der Waals surface area (Å²) >= 11 is 1.48. The van der Waals surface area contributed by atoms with Crippen LogP contribution in [0.4, 0.5) is 10.8 Å². The number of nitrogens with one attached hydrogen (secondary N) is 2. The van der Waals surface area contributed by atoms with Crippen LogP contribution in [0, 0.1) is 6.92 Å². The number of thiazole rings is 1. The summed E-state index contributed by atoms with van der Waals surface area (Å²) in [6.45, 7) is 1.89. The lowest BCUT2D eigenvalue weighted by atomic mass is 9.94. The number of aromatic nitrogens is 1. The molecule has 0 saturated heterocycles. The fourth-order valence-electron chi connectivity index (χ4n) is 3.83. The predicted molar refractivity (Wildman–Crippen MR) is 131 cm³/mol. The van der Waals surface area contributed by atoms with Crippen molar-refractivity contribution in [3.05, 3.63) is 94.4 Å². The van der Waals surface area contributed by atoms with Gasteiger partial charge in [0.1, 0.15) is 0 Å². The quantitative estimate of drug-likeness (QED) is 0.412. The molecule has 0 atom stereocenters. The Balaban J connectivity index is 1.34. The minimum atomic E-state index is -3.75. The third kappa shape index (κ3) is 4.40. The molecule has 6 nitrogen and oxygen atoms in total. The van der Waals surface area contributed by atoms with Gasteiger partial charge in [0.2, 0.25) is 0 Å². The van der Waals surface area contributed by atoms with E-state index in [-0.39, 0.29) is 10.8 Å². The zero-order valence-corrected chi connectivity index (χ0v) is 19.5. The highest BCUT2D eigenvalue weighted by atomic mass is 32.2. The number of carbonyl (C=O) groups excluding carboxylic acids is 1. The van der Waals surface area contributed by atoms with Crippen LogP contribution in [-0.2, 0) is 22.9 Å². The van der Waals surface area contributed by atoms with E-state index in [0.29, 0.717) is 16.4 Å². The van der Waals surface area contributed by atoms with Gasteiger partial charge in [-0.3, -0.25) is 14.8 Å². The van der Waals surface area contributed by atoms with Gasteiger partial charge >= 0.3 is 0 Å². The largest absolute Gasteiger partial charge is 0.298 e. The number of benzene rings is 3. The molecule has 3 aromatic carbocycles. The first-order valence-corrected chi connectivity index (χ1v) is 12.8. The van der Waals surface area contributed by atoms with Crippen LogP contribution in [0.15, 0.2) is 77.7 Å². The number of carbonyl (C=O) groups is 1. The molecular formula is C25H21N3O3S2. The van der Waals surface area contributed by atoms with E-state index in [4.69, 9.17) is 0 Å². The lowest BCUT2D eigenvalue weighted by Gasteiger charge is -2.13. The molecule has 33 heavy (non-hydrogen) atoms. The van der Waals surface area contributed by atoms with E-state index in [1.165, 1.54) is 23.0 Å². The first-order chi connectivity index (χ1) is 15.9. The number of aryl methyl sites for hydroxylation is 3. The molecule has 0 saturated carbocycles. The summed E-state index contributed by atoms with van der Waals surface area (Å²) in [5.74, 6) is -0.342. The molecule has 0 bridgehead atoms. The van der Waals surface area contributed by atoms with Gasteiger partial charge in [-0.25, -0.2) is 13.4 Å². The summed E-state index contributed by atoms with van der Waals surface area (Å²) in [5, 5.41) is 3.40. The second-order valence-electron chi connectivity index (χ2n) is 7.90. The van der Waals surface area contributed by atoms with Gasteiger partial charge in [-0.05, 0) is 55.7 Å². The van der Waals surface area contributed by atoms with Crippen LogP contribution in [0.5, 0.6) is 0 Å². The summed E-state index contributed by atoms with van der Waals surface area (Å²) in [6, 6.07) is 21.2. The monoisotopic (exact) mass is 475 g/mol. The van der Waals surface area contributed by atoms with Crippen molar-refractivity contribution in [2.75, 3.05) is 10.0 Å². The number of amides is 1. The number of hydrogen-bond acceptors (Lipinski definition) is 5. The molecule has 1 aliphatic carbocycles. The molecule has 0 radical (unpaired) electrons. The third-order valence-electron chi connectivity index (χ3n) is 5.52. The van der Waals surface area contributed by atoms with Gasteiger partial charge in [0.15, 0.2) is 5.13 Å². The van der Waals surface area contributed by atoms with Crippen molar-refractivity contribution in [3.63, 3.8) is 0 Å². The van der Waals surface area contributed by atoms with Crippen molar-refractivity contribution < 1.29 is 13.2 Å². The zero-order valence-electron chi connectivity index (χ0n) is 17.8. The number of fused-ring (bicyclic) bond motifs is 3. The fraction of sp³-hybridized carbons (Fsp3) is 0.120. The maximum Gasteiger partial charge on any atom is 0.261 e. The van der Waals surface area contributed by atoms with Crippen molar-refractivity contribution in [1.82, 2.24) is 4.98 Å². The minimum absolute atomic E-state index is 0.164. The molecule has 0 fully saturated rings. The highest BCUT2D eigenvalue weighted by Gasteiger charge is 2.21. The van der Waals surface area contributed by atoms with Gasteiger partial charge in [0.05, 0.1) is 10.6 Å². The lowest BCUT2D eigenvalue weighted by molar-refractivity contribution is 0.102. The Morgan fingerprint density at radius 3 is 2.58 bits per heavy atom. The highest BCUT2D eigenvalue weighted by Crippen LogP contribution is 2.38. The molecule has 8 heteroatoms. The second-order valence-corrected chi connectivity index (χ2v) is 10.7. The van der Waals surface area contributed by atoms with E-state index in [0.717, 1.165) is 34.5 Å². The van der Waals surface area contributed by atoms with Crippen LogP contribution in [0.25, 0.3) is 11.3 Å². The smallest absolute Gasteiger partial charge is 0.261 e. The van der Waals surface area contributed by atoms with Crippen LogP contribution in [0.2, 0.25) is 0 Å². The Kier molecular flexibility index (Phi) is 5.47. The Labute approximate surface area is 196 Å². The Morgan fingerprint density at radius 2 is 1.76 bits per heavy atom. The van der Waals surface area contributed by atoms with Gasteiger partial charge in [-0.15, -0.1) is 11.3 Å². The zero-order chi connectivity index (χ0) is 23.0. The molecule has 0 spiro atoms. The number of anilines is 2. The van der Waals surface area contributed by atoms with Crippen molar-refractivity contribution in [2.24, 2.45) is 0 Å². The predicted octanol–water partition coefficient (Wildman–Crippen LogP) is 5.27. The summed E-state index contributed by atoms with van der Waals surface area (Å²) < 4.78 is 27.9. The van der Waals surface area contributed by atoms with Crippen molar-refractivity contribution in [1.29, 1.82) is 0 Å². The maximum absolute atomic E-state index is 12.9. The molecule has 1 aliphatic rings. The van der Waals surface area contributed by atoms with Crippen molar-refractivity contribution in [3.8, 4) is 11.3 Å². The summed E-state index contributed by atoms with van der Waals surface area (Å²) in [4.78, 5) is 18.9. The number of rotatable bonds is 5. The molecule has 0 aliphatic heterocycles. The molecule has 0 unspecified atom stereocenters. The normalized spacial score (nSPS) is 12.5. The maximum atomic E-state index is 12.9. The Hall–Kier alpha value is -3.49.